The maximum Gasteiger partial charge on any atom is 0.227 e. The average molecular weight is 290 g/mol. The van der Waals surface area contributed by atoms with Gasteiger partial charge >= 0.3 is 0 Å². The standard InChI is InChI=1S/C16H22N2O3/c19-12-14-9-16(20)18(11-14)15-3-1-13(2-4-15)10-17-5-7-21-8-6-17/h1-4,14,19H,5-12H2. The van der Waals surface area contributed by atoms with Gasteiger partial charge in [-0.3, -0.25) is 9.69 Å². The molecule has 0 spiro atoms. The van der Waals surface area contributed by atoms with Crippen molar-refractivity contribution in [3.05, 3.63) is 29.8 Å². The van der Waals surface area contributed by atoms with E-state index < -0.39 is 0 Å². The van der Waals surface area contributed by atoms with Crippen molar-refractivity contribution in [2.24, 2.45) is 5.92 Å². The zero-order chi connectivity index (χ0) is 14.7. The zero-order valence-corrected chi connectivity index (χ0v) is 12.2. The number of anilines is 1. The highest BCUT2D eigenvalue weighted by molar-refractivity contribution is 5.95. The Morgan fingerprint density at radius 2 is 1.90 bits per heavy atom. The summed E-state index contributed by atoms with van der Waals surface area (Å²) in [4.78, 5) is 16.1. The number of aliphatic hydroxyl groups is 1. The Morgan fingerprint density at radius 1 is 1.19 bits per heavy atom. The topological polar surface area (TPSA) is 53.0 Å². The largest absolute Gasteiger partial charge is 0.396 e. The SMILES string of the molecule is O=C1CC(CO)CN1c1ccc(CN2CCOCC2)cc1. The van der Waals surface area contributed by atoms with Crippen molar-refractivity contribution < 1.29 is 14.6 Å². The minimum absolute atomic E-state index is 0.0746. The Hall–Kier alpha value is -1.43. The predicted octanol–water partition coefficient (Wildman–Crippen LogP) is 0.864. The summed E-state index contributed by atoms with van der Waals surface area (Å²) in [7, 11) is 0. The molecule has 1 atom stereocenters. The van der Waals surface area contributed by atoms with E-state index >= 15 is 0 Å². The summed E-state index contributed by atoms with van der Waals surface area (Å²) in [6.07, 6.45) is 0.450. The summed E-state index contributed by atoms with van der Waals surface area (Å²) in [5, 5.41) is 9.18. The molecule has 2 heterocycles. The molecule has 5 nitrogen and oxygen atoms in total. The summed E-state index contributed by atoms with van der Waals surface area (Å²) in [5.41, 5.74) is 2.19. The molecule has 0 aromatic heterocycles. The number of amides is 1. The molecule has 0 saturated carbocycles. The van der Waals surface area contributed by atoms with Gasteiger partial charge in [0.15, 0.2) is 0 Å². The normalized spacial score (nSPS) is 23.8. The van der Waals surface area contributed by atoms with Crippen LogP contribution >= 0.6 is 0 Å². The van der Waals surface area contributed by atoms with E-state index in [-0.39, 0.29) is 18.4 Å². The third-order valence-electron chi connectivity index (χ3n) is 4.22. The lowest BCUT2D eigenvalue weighted by Gasteiger charge is -2.26. The number of aliphatic hydroxyl groups excluding tert-OH is 1. The highest BCUT2D eigenvalue weighted by Crippen LogP contribution is 2.25. The number of morpholine rings is 1. The first-order valence-corrected chi connectivity index (χ1v) is 7.56. The third-order valence-corrected chi connectivity index (χ3v) is 4.22. The van der Waals surface area contributed by atoms with Gasteiger partial charge in [-0.1, -0.05) is 12.1 Å². The second kappa shape index (κ2) is 6.56. The second-order valence-corrected chi connectivity index (χ2v) is 5.81. The van der Waals surface area contributed by atoms with Gasteiger partial charge in [0.25, 0.3) is 0 Å². The second-order valence-electron chi connectivity index (χ2n) is 5.81. The van der Waals surface area contributed by atoms with Crippen LogP contribution < -0.4 is 4.90 Å². The number of rotatable bonds is 4. The van der Waals surface area contributed by atoms with E-state index in [0.29, 0.717) is 13.0 Å². The van der Waals surface area contributed by atoms with Crippen LogP contribution in [0.1, 0.15) is 12.0 Å². The number of hydrogen-bond acceptors (Lipinski definition) is 4. The Morgan fingerprint density at radius 3 is 2.52 bits per heavy atom. The summed E-state index contributed by atoms with van der Waals surface area (Å²) in [6, 6.07) is 8.19. The molecule has 0 radical (unpaired) electrons. The lowest BCUT2D eigenvalue weighted by molar-refractivity contribution is -0.117. The van der Waals surface area contributed by atoms with E-state index in [1.807, 2.05) is 12.1 Å². The van der Waals surface area contributed by atoms with Gasteiger partial charge in [-0.05, 0) is 17.7 Å². The summed E-state index contributed by atoms with van der Waals surface area (Å²) >= 11 is 0. The van der Waals surface area contributed by atoms with Gasteiger partial charge < -0.3 is 14.7 Å². The van der Waals surface area contributed by atoms with Gasteiger partial charge in [0.2, 0.25) is 5.91 Å². The van der Waals surface area contributed by atoms with E-state index in [2.05, 4.69) is 17.0 Å². The van der Waals surface area contributed by atoms with Crippen molar-refractivity contribution in [2.45, 2.75) is 13.0 Å². The number of nitrogens with zero attached hydrogens (tertiary/aromatic N) is 2. The Labute approximate surface area is 125 Å². The highest BCUT2D eigenvalue weighted by Gasteiger charge is 2.29. The summed E-state index contributed by atoms with van der Waals surface area (Å²) in [6.45, 7) is 5.20. The molecule has 2 fully saturated rings. The number of hydrogen-bond donors (Lipinski definition) is 1. The van der Waals surface area contributed by atoms with Crippen molar-refractivity contribution in [1.82, 2.24) is 4.90 Å². The maximum absolute atomic E-state index is 11.9. The molecule has 2 aliphatic rings. The van der Waals surface area contributed by atoms with Crippen LogP contribution in [0.15, 0.2) is 24.3 Å². The van der Waals surface area contributed by atoms with Crippen molar-refractivity contribution >= 4 is 11.6 Å². The molecule has 2 aliphatic heterocycles. The zero-order valence-electron chi connectivity index (χ0n) is 12.2. The van der Waals surface area contributed by atoms with E-state index in [1.54, 1.807) is 4.90 Å². The highest BCUT2D eigenvalue weighted by atomic mass is 16.5. The first kappa shape index (κ1) is 14.5. The van der Waals surface area contributed by atoms with Crippen LogP contribution in [0.4, 0.5) is 5.69 Å². The van der Waals surface area contributed by atoms with E-state index in [4.69, 9.17) is 4.74 Å². The lowest BCUT2D eigenvalue weighted by Crippen LogP contribution is -2.35. The maximum atomic E-state index is 11.9. The average Bonchev–Trinajstić information content (AvgIpc) is 2.90. The van der Waals surface area contributed by atoms with Gasteiger partial charge in [0.05, 0.1) is 13.2 Å². The lowest BCUT2D eigenvalue weighted by atomic mass is 10.1. The van der Waals surface area contributed by atoms with Crippen LogP contribution in [0.3, 0.4) is 0 Å². The molecule has 2 saturated heterocycles. The molecular formula is C16H22N2O3. The van der Waals surface area contributed by atoms with Crippen molar-refractivity contribution in [3.8, 4) is 0 Å². The fraction of sp³-hybridized carbons (Fsp3) is 0.562. The molecule has 21 heavy (non-hydrogen) atoms. The smallest absolute Gasteiger partial charge is 0.227 e. The van der Waals surface area contributed by atoms with Gasteiger partial charge in [-0.15, -0.1) is 0 Å². The number of carbonyl (C=O) groups is 1. The molecule has 3 rings (SSSR count). The minimum Gasteiger partial charge on any atom is -0.396 e. The van der Waals surface area contributed by atoms with Crippen LogP contribution in [0.25, 0.3) is 0 Å². The molecule has 114 valence electrons. The molecule has 1 amide bonds. The Balaban J connectivity index is 1.62. The third kappa shape index (κ3) is 3.43. The molecule has 0 bridgehead atoms. The van der Waals surface area contributed by atoms with Crippen LogP contribution in [0, 0.1) is 5.92 Å². The van der Waals surface area contributed by atoms with Crippen LogP contribution in [0.5, 0.6) is 0 Å². The van der Waals surface area contributed by atoms with Crippen molar-refractivity contribution in [1.29, 1.82) is 0 Å². The Bertz CT molecular complexity index is 483. The van der Waals surface area contributed by atoms with E-state index in [0.717, 1.165) is 38.5 Å². The molecule has 0 aliphatic carbocycles. The monoisotopic (exact) mass is 290 g/mol. The molecule has 5 heteroatoms. The molecule has 1 unspecified atom stereocenters. The quantitative estimate of drug-likeness (QED) is 0.894. The number of carbonyl (C=O) groups excluding carboxylic acids is 1. The van der Waals surface area contributed by atoms with Crippen LogP contribution in [-0.4, -0.2) is 55.4 Å². The van der Waals surface area contributed by atoms with E-state index in [1.165, 1.54) is 5.56 Å². The molecule has 1 aromatic carbocycles. The predicted molar refractivity (Wildman–Crippen MR) is 80.1 cm³/mol. The fourth-order valence-corrected chi connectivity index (χ4v) is 2.95. The number of benzene rings is 1. The fourth-order valence-electron chi connectivity index (χ4n) is 2.95. The van der Waals surface area contributed by atoms with Crippen molar-refractivity contribution in [3.63, 3.8) is 0 Å². The first-order chi connectivity index (χ1) is 10.3. The van der Waals surface area contributed by atoms with Crippen LogP contribution in [0.2, 0.25) is 0 Å². The minimum atomic E-state index is 0.0746. The molecular weight excluding hydrogens is 268 g/mol. The molecule has 1 aromatic rings. The number of ether oxygens (including phenoxy) is 1. The Kier molecular flexibility index (Phi) is 4.53. The van der Waals surface area contributed by atoms with Gasteiger partial charge in [-0.25, -0.2) is 0 Å². The van der Waals surface area contributed by atoms with E-state index in [9.17, 15) is 9.90 Å². The summed E-state index contributed by atoms with van der Waals surface area (Å²) < 4.78 is 5.35. The van der Waals surface area contributed by atoms with Gasteiger partial charge in [0, 0.05) is 50.8 Å². The molecule has 1 N–H and O–H groups in total. The van der Waals surface area contributed by atoms with Gasteiger partial charge in [-0.2, -0.15) is 0 Å². The van der Waals surface area contributed by atoms with Crippen LogP contribution in [-0.2, 0) is 16.1 Å². The van der Waals surface area contributed by atoms with Gasteiger partial charge in [0.1, 0.15) is 0 Å². The summed E-state index contributed by atoms with van der Waals surface area (Å²) in [5.74, 6) is 0.181. The van der Waals surface area contributed by atoms with Crippen molar-refractivity contribution in [2.75, 3.05) is 44.4 Å². The first-order valence-electron chi connectivity index (χ1n) is 7.56.